The van der Waals surface area contributed by atoms with E-state index in [1.807, 2.05) is 12.1 Å². The number of phenols is 1. The molecule has 198 valence electrons. The highest BCUT2D eigenvalue weighted by Gasteiger charge is 2.17. The summed E-state index contributed by atoms with van der Waals surface area (Å²) in [5.74, 6) is 0.287. The molecule has 0 bridgehead atoms. The maximum Gasteiger partial charge on any atom is 0.311 e. The van der Waals surface area contributed by atoms with Gasteiger partial charge in [-0.1, -0.05) is 6.07 Å². The lowest BCUT2D eigenvalue weighted by atomic mass is 10.0. The highest BCUT2D eigenvalue weighted by Crippen LogP contribution is 2.36. The van der Waals surface area contributed by atoms with Crippen LogP contribution in [0.15, 0.2) is 54.7 Å². The summed E-state index contributed by atoms with van der Waals surface area (Å²) in [5, 5.41) is 13.8. The number of rotatable bonds is 8. The predicted molar refractivity (Wildman–Crippen MR) is 148 cm³/mol. The Balaban J connectivity index is 1.39. The first-order valence-electron chi connectivity index (χ1n) is 12.1. The predicted octanol–water partition coefficient (Wildman–Crippen LogP) is 5.13. The number of methoxy groups -OCH3 is 1. The summed E-state index contributed by atoms with van der Waals surface area (Å²) in [6.45, 7) is 3.85. The van der Waals surface area contributed by atoms with Crippen molar-refractivity contribution in [3.63, 3.8) is 0 Å². The van der Waals surface area contributed by atoms with Crippen molar-refractivity contribution < 1.29 is 24.2 Å². The van der Waals surface area contributed by atoms with Crippen LogP contribution in [0.1, 0.15) is 27.9 Å². The Morgan fingerprint density at radius 3 is 2.74 bits per heavy atom. The van der Waals surface area contributed by atoms with Crippen molar-refractivity contribution in [3.05, 3.63) is 70.9 Å². The van der Waals surface area contributed by atoms with Gasteiger partial charge in [-0.3, -0.25) is 14.9 Å². The second-order valence-electron chi connectivity index (χ2n) is 8.57. The van der Waals surface area contributed by atoms with Crippen LogP contribution in [0.4, 0.5) is 5.13 Å². The number of amides is 1. The van der Waals surface area contributed by atoms with E-state index in [0.717, 1.165) is 16.0 Å². The number of aryl methyl sites for hydroxylation is 1. The lowest BCUT2D eigenvalue weighted by Gasteiger charge is -2.09. The van der Waals surface area contributed by atoms with Crippen LogP contribution in [0.3, 0.4) is 0 Å². The molecule has 3 N–H and O–H groups in total. The number of hydrogen-bond donors (Lipinski definition) is 3. The van der Waals surface area contributed by atoms with Crippen molar-refractivity contribution in [2.75, 3.05) is 19.0 Å². The summed E-state index contributed by atoms with van der Waals surface area (Å²) in [4.78, 5) is 42.0. The Labute approximate surface area is 227 Å². The first-order valence-corrected chi connectivity index (χ1v) is 12.9. The van der Waals surface area contributed by atoms with E-state index in [-0.39, 0.29) is 24.0 Å². The molecule has 5 aromatic rings. The van der Waals surface area contributed by atoms with Gasteiger partial charge in [0.2, 0.25) is 5.88 Å². The van der Waals surface area contributed by atoms with E-state index in [4.69, 9.17) is 9.47 Å². The SMILES string of the molecule is CCOC(=O)Cc1sc(NC(=O)c2ccc3nc(-c4cc(-c5cccnc5OC)ccc4O)[nH]c3c2)nc1C. The number of nitrogens with one attached hydrogen (secondary N) is 2. The minimum Gasteiger partial charge on any atom is -0.507 e. The standard InChI is InChI=1S/C28H25N5O5S/c1-4-38-24(35)14-23-15(2)30-28(39-23)33-26(36)17-7-9-20-21(13-17)32-25(31-20)19-12-16(8-10-22(19)34)18-6-5-11-29-27(18)37-3/h5-13,34H,4,14H2,1-3H3,(H,31,32)(H,30,33,36). The van der Waals surface area contributed by atoms with Crippen LogP contribution in [0.5, 0.6) is 11.6 Å². The molecule has 0 unspecified atom stereocenters. The fourth-order valence-corrected chi connectivity index (χ4v) is 5.05. The number of ether oxygens (including phenoxy) is 2. The zero-order valence-corrected chi connectivity index (χ0v) is 22.3. The van der Waals surface area contributed by atoms with E-state index >= 15 is 0 Å². The lowest BCUT2D eigenvalue weighted by molar-refractivity contribution is -0.142. The number of aromatic nitrogens is 4. The Kier molecular flexibility index (Phi) is 7.24. The summed E-state index contributed by atoms with van der Waals surface area (Å²) >= 11 is 1.24. The topological polar surface area (TPSA) is 139 Å². The van der Waals surface area contributed by atoms with Gasteiger partial charge in [0.1, 0.15) is 11.6 Å². The van der Waals surface area contributed by atoms with Crippen LogP contribution in [0, 0.1) is 6.92 Å². The number of aromatic amines is 1. The van der Waals surface area contributed by atoms with Gasteiger partial charge >= 0.3 is 5.97 Å². The van der Waals surface area contributed by atoms with E-state index in [2.05, 4.69) is 25.3 Å². The average molecular weight is 544 g/mol. The van der Waals surface area contributed by atoms with Crippen molar-refractivity contribution in [2.24, 2.45) is 0 Å². The second-order valence-corrected chi connectivity index (χ2v) is 9.66. The molecule has 0 saturated carbocycles. The largest absolute Gasteiger partial charge is 0.507 e. The highest BCUT2D eigenvalue weighted by atomic mass is 32.1. The first kappa shape index (κ1) is 25.9. The number of phenolic OH excluding ortho intramolecular Hbond substituents is 1. The average Bonchev–Trinajstić information content (AvgIpc) is 3.51. The molecular formula is C28H25N5O5S. The molecule has 1 amide bonds. The van der Waals surface area contributed by atoms with E-state index in [0.29, 0.717) is 51.3 Å². The number of pyridine rings is 1. The third-order valence-corrected chi connectivity index (χ3v) is 7.07. The summed E-state index contributed by atoms with van der Waals surface area (Å²) < 4.78 is 10.4. The summed E-state index contributed by atoms with van der Waals surface area (Å²) in [5.41, 5.74) is 4.40. The number of anilines is 1. The van der Waals surface area contributed by atoms with Crippen molar-refractivity contribution in [1.29, 1.82) is 0 Å². The zero-order chi connectivity index (χ0) is 27.5. The Morgan fingerprint density at radius 2 is 1.95 bits per heavy atom. The number of benzene rings is 2. The molecule has 3 aromatic heterocycles. The molecule has 11 heteroatoms. The molecule has 0 fully saturated rings. The van der Waals surface area contributed by atoms with Crippen LogP contribution >= 0.6 is 11.3 Å². The van der Waals surface area contributed by atoms with Gasteiger partial charge in [0.15, 0.2) is 5.13 Å². The number of thiazole rings is 1. The first-order chi connectivity index (χ1) is 18.9. The molecular weight excluding hydrogens is 518 g/mol. The smallest absolute Gasteiger partial charge is 0.311 e. The minimum atomic E-state index is -0.349. The van der Waals surface area contributed by atoms with Crippen molar-refractivity contribution >= 4 is 39.4 Å². The van der Waals surface area contributed by atoms with Gasteiger partial charge in [0.25, 0.3) is 5.91 Å². The van der Waals surface area contributed by atoms with Crippen LogP contribution in [0.2, 0.25) is 0 Å². The van der Waals surface area contributed by atoms with Gasteiger partial charge < -0.3 is 19.6 Å². The summed E-state index contributed by atoms with van der Waals surface area (Å²) in [6.07, 6.45) is 1.76. The quantitative estimate of drug-likeness (QED) is 0.229. The van der Waals surface area contributed by atoms with Gasteiger partial charge in [-0.15, -0.1) is 11.3 Å². The fourth-order valence-electron chi connectivity index (χ4n) is 4.10. The van der Waals surface area contributed by atoms with Gasteiger partial charge in [0.05, 0.1) is 42.4 Å². The fraction of sp³-hybridized carbons (Fsp3) is 0.179. The van der Waals surface area contributed by atoms with Gasteiger partial charge in [0, 0.05) is 22.2 Å². The Hall–Kier alpha value is -4.77. The molecule has 10 nitrogen and oxygen atoms in total. The number of carbonyl (C=O) groups is 2. The Morgan fingerprint density at radius 1 is 1.10 bits per heavy atom. The maximum atomic E-state index is 13.0. The van der Waals surface area contributed by atoms with Crippen molar-refractivity contribution in [3.8, 4) is 34.1 Å². The van der Waals surface area contributed by atoms with Gasteiger partial charge in [-0.05, 0) is 61.9 Å². The number of H-pyrrole nitrogens is 1. The van der Waals surface area contributed by atoms with E-state index in [1.54, 1.807) is 63.6 Å². The molecule has 0 aliphatic rings. The van der Waals surface area contributed by atoms with E-state index < -0.39 is 0 Å². The third-order valence-electron chi connectivity index (χ3n) is 5.99. The summed E-state index contributed by atoms with van der Waals surface area (Å²) in [6, 6.07) is 14.0. The third kappa shape index (κ3) is 5.43. The van der Waals surface area contributed by atoms with Crippen molar-refractivity contribution in [2.45, 2.75) is 20.3 Å². The van der Waals surface area contributed by atoms with Crippen LogP contribution in [-0.2, 0) is 16.0 Å². The molecule has 2 aromatic carbocycles. The maximum absolute atomic E-state index is 13.0. The Bertz CT molecular complexity index is 1690. The molecule has 0 spiro atoms. The molecule has 39 heavy (non-hydrogen) atoms. The zero-order valence-electron chi connectivity index (χ0n) is 21.4. The number of imidazole rings is 1. The molecule has 5 rings (SSSR count). The minimum absolute atomic E-state index is 0.0522. The molecule has 0 saturated heterocycles. The van der Waals surface area contributed by atoms with Crippen molar-refractivity contribution in [1.82, 2.24) is 19.9 Å². The lowest BCUT2D eigenvalue weighted by Crippen LogP contribution is -2.11. The molecule has 0 aliphatic carbocycles. The van der Waals surface area contributed by atoms with Crippen LogP contribution in [0.25, 0.3) is 33.5 Å². The number of carbonyl (C=O) groups excluding carboxylic acids is 2. The number of esters is 1. The molecule has 0 radical (unpaired) electrons. The van der Waals surface area contributed by atoms with Gasteiger partial charge in [-0.25, -0.2) is 15.0 Å². The van der Waals surface area contributed by atoms with E-state index in [9.17, 15) is 14.7 Å². The molecule has 3 heterocycles. The highest BCUT2D eigenvalue weighted by molar-refractivity contribution is 7.16. The number of nitrogens with zero attached hydrogens (tertiary/aromatic N) is 3. The normalized spacial score (nSPS) is 10.9. The van der Waals surface area contributed by atoms with E-state index in [1.165, 1.54) is 11.3 Å². The summed E-state index contributed by atoms with van der Waals surface area (Å²) in [7, 11) is 1.55. The monoisotopic (exact) mass is 543 g/mol. The number of aromatic hydroxyl groups is 1. The van der Waals surface area contributed by atoms with Crippen LogP contribution < -0.4 is 10.1 Å². The molecule has 0 atom stereocenters. The second kappa shape index (κ2) is 10.9. The van der Waals surface area contributed by atoms with Gasteiger partial charge in [-0.2, -0.15) is 0 Å². The number of hydrogen-bond acceptors (Lipinski definition) is 9. The number of fused-ring (bicyclic) bond motifs is 1. The molecule has 0 aliphatic heterocycles. The van der Waals surface area contributed by atoms with Crippen LogP contribution in [-0.4, -0.2) is 50.6 Å².